The molecule has 20 heavy (non-hydrogen) atoms. The first-order valence-corrected chi connectivity index (χ1v) is 7.85. The minimum atomic E-state index is 0.354. The number of nitrogens with one attached hydrogen (secondary N) is 2. The van der Waals surface area contributed by atoms with Crippen molar-refractivity contribution >= 4 is 5.78 Å². The van der Waals surface area contributed by atoms with E-state index in [9.17, 15) is 4.79 Å². The fourth-order valence-corrected chi connectivity index (χ4v) is 3.78. The van der Waals surface area contributed by atoms with E-state index >= 15 is 0 Å². The Labute approximate surface area is 120 Å². The maximum atomic E-state index is 12.5. The Balaban J connectivity index is 1.73. The average Bonchev–Trinajstić information content (AvgIpc) is 2.75. The fraction of sp³-hybridized carbons (Fsp3) is 0.688. The van der Waals surface area contributed by atoms with Gasteiger partial charge in [-0.15, -0.1) is 0 Å². The number of ketones is 1. The van der Waals surface area contributed by atoms with Gasteiger partial charge >= 0.3 is 0 Å². The summed E-state index contributed by atoms with van der Waals surface area (Å²) in [6.45, 7) is 9.67. The van der Waals surface area contributed by atoms with Crippen LogP contribution in [0.25, 0.3) is 0 Å². The number of Topliss-reactive ketones (excluding diaryl/α,β-unsaturated/α-hetero) is 1. The van der Waals surface area contributed by atoms with Crippen molar-refractivity contribution in [1.82, 2.24) is 15.2 Å². The minimum Gasteiger partial charge on any atom is -0.362 e. The highest BCUT2D eigenvalue weighted by Gasteiger charge is 2.30. The number of H-pyrrole nitrogens is 1. The zero-order chi connectivity index (χ0) is 14.1. The molecule has 1 aliphatic heterocycles. The summed E-state index contributed by atoms with van der Waals surface area (Å²) in [6.07, 6.45) is 2.71. The molecule has 0 radical (unpaired) electrons. The molecule has 0 amide bonds. The summed E-state index contributed by atoms with van der Waals surface area (Å²) in [5, 5.41) is 3.38. The predicted octanol–water partition coefficient (Wildman–Crippen LogP) is 1.54. The lowest BCUT2D eigenvalue weighted by Crippen LogP contribution is -2.46. The zero-order valence-electron chi connectivity index (χ0n) is 12.6. The van der Waals surface area contributed by atoms with Gasteiger partial charge in [0.25, 0.3) is 0 Å². The van der Waals surface area contributed by atoms with E-state index in [2.05, 4.69) is 29.0 Å². The van der Waals surface area contributed by atoms with Gasteiger partial charge in [-0.05, 0) is 31.2 Å². The highest BCUT2D eigenvalue weighted by atomic mass is 16.1. The molecular weight excluding hydrogens is 250 g/mol. The Hall–Kier alpha value is -1.13. The van der Waals surface area contributed by atoms with Crippen LogP contribution >= 0.6 is 0 Å². The molecule has 1 atom stereocenters. The third-order valence-corrected chi connectivity index (χ3v) is 4.72. The number of aromatic nitrogens is 1. The summed E-state index contributed by atoms with van der Waals surface area (Å²) in [4.78, 5) is 18.4. The fourth-order valence-electron chi connectivity index (χ4n) is 3.78. The number of carbonyl (C=O) groups is 1. The summed E-state index contributed by atoms with van der Waals surface area (Å²) >= 11 is 0. The van der Waals surface area contributed by atoms with Gasteiger partial charge in [-0.2, -0.15) is 0 Å². The van der Waals surface area contributed by atoms with E-state index in [-0.39, 0.29) is 0 Å². The second-order valence-electron chi connectivity index (χ2n) is 6.18. The molecule has 4 heteroatoms. The van der Waals surface area contributed by atoms with Crippen LogP contribution in [0, 0.1) is 12.8 Å². The summed E-state index contributed by atoms with van der Waals surface area (Å²) in [6, 6.07) is 0. The first kappa shape index (κ1) is 13.8. The minimum absolute atomic E-state index is 0.354. The Morgan fingerprint density at radius 3 is 2.70 bits per heavy atom. The van der Waals surface area contributed by atoms with Gasteiger partial charge in [-0.3, -0.25) is 4.79 Å². The van der Waals surface area contributed by atoms with Gasteiger partial charge in [-0.25, -0.2) is 0 Å². The van der Waals surface area contributed by atoms with E-state index in [0.29, 0.717) is 11.7 Å². The average molecular weight is 275 g/mol. The van der Waals surface area contributed by atoms with Crippen LogP contribution in [0.3, 0.4) is 0 Å². The van der Waals surface area contributed by atoms with Gasteiger partial charge in [0, 0.05) is 56.1 Å². The molecule has 2 heterocycles. The first-order chi connectivity index (χ1) is 9.69. The molecular formula is C16H25N3O. The van der Waals surface area contributed by atoms with Crippen molar-refractivity contribution in [2.45, 2.75) is 33.1 Å². The summed E-state index contributed by atoms with van der Waals surface area (Å²) in [7, 11) is 0. The van der Waals surface area contributed by atoms with Crippen molar-refractivity contribution in [2.75, 3.05) is 32.7 Å². The molecule has 3 rings (SSSR count). The Morgan fingerprint density at radius 1 is 1.25 bits per heavy atom. The van der Waals surface area contributed by atoms with Crippen LogP contribution in [-0.4, -0.2) is 48.4 Å². The van der Waals surface area contributed by atoms with Gasteiger partial charge in [0.05, 0.1) is 0 Å². The highest BCUT2D eigenvalue weighted by Crippen LogP contribution is 2.30. The van der Waals surface area contributed by atoms with Crippen LogP contribution in [-0.2, 0) is 12.8 Å². The Kier molecular flexibility index (Phi) is 3.94. The predicted molar refractivity (Wildman–Crippen MR) is 80.4 cm³/mol. The zero-order valence-corrected chi connectivity index (χ0v) is 12.6. The van der Waals surface area contributed by atoms with Crippen molar-refractivity contribution in [1.29, 1.82) is 0 Å². The van der Waals surface area contributed by atoms with E-state index in [4.69, 9.17) is 0 Å². The molecule has 1 aliphatic carbocycles. The first-order valence-electron chi connectivity index (χ1n) is 7.85. The summed E-state index contributed by atoms with van der Waals surface area (Å²) in [5.74, 6) is 0.837. The maximum Gasteiger partial charge on any atom is 0.165 e. The van der Waals surface area contributed by atoms with Crippen molar-refractivity contribution in [3.8, 4) is 0 Å². The topological polar surface area (TPSA) is 48.1 Å². The van der Waals surface area contributed by atoms with Gasteiger partial charge < -0.3 is 15.2 Å². The van der Waals surface area contributed by atoms with Crippen LogP contribution in [0.1, 0.15) is 40.7 Å². The number of hydrogen-bond donors (Lipinski definition) is 2. The molecule has 1 aromatic rings. The number of aromatic amines is 1. The van der Waals surface area contributed by atoms with Crippen LogP contribution in [0.15, 0.2) is 0 Å². The van der Waals surface area contributed by atoms with Crippen molar-refractivity contribution in [2.24, 2.45) is 5.92 Å². The third-order valence-electron chi connectivity index (χ3n) is 4.72. The van der Waals surface area contributed by atoms with Crippen molar-refractivity contribution in [3.05, 3.63) is 22.5 Å². The van der Waals surface area contributed by atoms with Crippen molar-refractivity contribution < 1.29 is 4.79 Å². The Morgan fingerprint density at radius 2 is 2.00 bits per heavy atom. The molecule has 0 aromatic carbocycles. The SMILES string of the molecule is CCc1c(C)[nH]c2c1C(=O)CC(CN1CCNCC1)C2. The van der Waals surface area contributed by atoms with E-state index in [0.717, 1.165) is 57.5 Å². The molecule has 0 spiro atoms. The number of rotatable bonds is 3. The summed E-state index contributed by atoms with van der Waals surface area (Å²) < 4.78 is 0. The maximum absolute atomic E-state index is 12.5. The lowest BCUT2D eigenvalue weighted by Gasteiger charge is -2.32. The molecule has 1 aromatic heterocycles. The van der Waals surface area contributed by atoms with Gasteiger partial charge in [0.15, 0.2) is 5.78 Å². The normalized spacial score (nSPS) is 23.9. The van der Waals surface area contributed by atoms with Crippen LogP contribution in [0.2, 0.25) is 0 Å². The molecule has 2 N–H and O–H groups in total. The molecule has 2 aliphatic rings. The number of aryl methyl sites for hydroxylation is 1. The van der Waals surface area contributed by atoms with Crippen LogP contribution < -0.4 is 5.32 Å². The Bertz CT molecular complexity index is 500. The molecule has 1 saturated heterocycles. The second kappa shape index (κ2) is 5.70. The highest BCUT2D eigenvalue weighted by molar-refractivity contribution is 6.00. The van der Waals surface area contributed by atoms with Gasteiger partial charge in [0.2, 0.25) is 0 Å². The lowest BCUT2D eigenvalue weighted by molar-refractivity contribution is 0.0925. The molecule has 1 fully saturated rings. The van der Waals surface area contributed by atoms with E-state index < -0.39 is 0 Å². The smallest absolute Gasteiger partial charge is 0.165 e. The third kappa shape index (κ3) is 2.54. The van der Waals surface area contributed by atoms with Gasteiger partial charge in [-0.1, -0.05) is 6.92 Å². The second-order valence-corrected chi connectivity index (χ2v) is 6.18. The number of piperazine rings is 1. The number of carbonyl (C=O) groups excluding carboxylic acids is 1. The molecule has 110 valence electrons. The van der Waals surface area contributed by atoms with Crippen LogP contribution in [0.5, 0.6) is 0 Å². The monoisotopic (exact) mass is 275 g/mol. The molecule has 4 nitrogen and oxygen atoms in total. The van der Waals surface area contributed by atoms with E-state index in [1.807, 2.05) is 0 Å². The largest absolute Gasteiger partial charge is 0.362 e. The molecule has 0 saturated carbocycles. The quantitative estimate of drug-likeness (QED) is 0.879. The van der Waals surface area contributed by atoms with Gasteiger partial charge in [0.1, 0.15) is 0 Å². The molecule has 1 unspecified atom stereocenters. The number of nitrogens with zero attached hydrogens (tertiary/aromatic N) is 1. The van der Waals surface area contributed by atoms with E-state index in [1.165, 1.54) is 17.0 Å². The summed E-state index contributed by atoms with van der Waals surface area (Å²) in [5.41, 5.74) is 4.64. The lowest BCUT2D eigenvalue weighted by atomic mass is 9.84. The number of hydrogen-bond acceptors (Lipinski definition) is 3. The standard InChI is InChI=1S/C16H25N3O/c1-3-13-11(2)18-14-8-12(9-15(20)16(13)14)10-19-6-4-17-5-7-19/h12,17-18H,3-10H2,1-2H3. The number of fused-ring (bicyclic) bond motifs is 1. The van der Waals surface area contributed by atoms with E-state index in [1.54, 1.807) is 0 Å². The molecule has 0 bridgehead atoms. The van der Waals surface area contributed by atoms with Crippen LogP contribution in [0.4, 0.5) is 0 Å². The van der Waals surface area contributed by atoms with Crippen molar-refractivity contribution in [3.63, 3.8) is 0 Å².